The van der Waals surface area contributed by atoms with Gasteiger partial charge < -0.3 is 15.4 Å². The SMILES string of the molecule is COC(=O)CC(NC(=O)CSCC(=O)Nc1ccc(F)cc1)c1ccc(F)cc1. The zero-order valence-corrected chi connectivity index (χ0v) is 16.4. The molecule has 0 aliphatic heterocycles. The molecule has 0 saturated carbocycles. The summed E-state index contributed by atoms with van der Waals surface area (Å²) < 4.78 is 30.6. The number of thioether (sulfide) groups is 1. The standard InChI is InChI=1S/C20H20F2N2O4S/c1-28-20(27)10-17(13-2-4-14(21)5-3-13)24-19(26)12-29-11-18(25)23-16-8-6-15(22)7-9-16/h2-9,17H,10-12H2,1H3,(H,23,25)(H,24,26). The zero-order valence-electron chi connectivity index (χ0n) is 15.6. The summed E-state index contributed by atoms with van der Waals surface area (Å²) in [6, 6.07) is 10.1. The predicted molar refractivity (Wildman–Crippen MR) is 106 cm³/mol. The number of halogens is 2. The molecule has 1 atom stereocenters. The van der Waals surface area contributed by atoms with E-state index in [0.29, 0.717) is 11.3 Å². The molecule has 154 valence electrons. The highest BCUT2D eigenvalue weighted by atomic mass is 32.2. The van der Waals surface area contributed by atoms with Gasteiger partial charge in [-0.3, -0.25) is 14.4 Å². The molecular weight excluding hydrogens is 402 g/mol. The molecule has 0 fully saturated rings. The zero-order chi connectivity index (χ0) is 21.2. The first-order valence-corrected chi connectivity index (χ1v) is 9.77. The van der Waals surface area contributed by atoms with E-state index < -0.39 is 23.6 Å². The molecule has 9 heteroatoms. The van der Waals surface area contributed by atoms with Crippen molar-refractivity contribution >= 4 is 35.2 Å². The van der Waals surface area contributed by atoms with Crippen molar-refractivity contribution in [2.75, 3.05) is 23.9 Å². The fourth-order valence-electron chi connectivity index (χ4n) is 2.40. The lowest BCUT2D eigenvalue weighted by atomic mass is 10.0. The van der Waals surface area contributed by atoms with Gasteiger partial charge in [-0.05, 0) is 42.0 Å². The Kier molecular flexibility index (Phi) is 8.60. The quantitative estimate of drug-likeness (QED) is 0.607. The highest BCUT2D eigenvalue weighted by Gasteiger charge is 2.19. The van der Waals surface area contributed by atoms with Crippen molar-refractivity contribution in [3.8, 4) is 0 Å². The van der Waals surface area contributed by atoms with E-state index >= 15 is 0 Å². The van der Waals surface area contributed by atoms with Crippen LogP contribution in [0.3, 0.4) is 0 Å². The Morgan fingerprint density at radius 1 is 0.931 bits per heavy atom. The van der Waals surface area contributed by atoms with E-state index in [1.54, 1.807) is 0 Å². The Labute approximate surface area is 171 Å². The third-order valence-electron chi connectivity index (χ3n) is 3.80. The van der Waals surface area contributed by atoms with Crippen LogP contribution in [0.15, 0.2) is 48.5 Å². The van der Waals surface area contributed by atoms with Gasteiger partial charge >= 0.3 is 5.97 Å². The molecule has 0 radical (unpaired) electrons. The summed E-state index contributed by atoms with van der Waals surface area (Å²) in [4.78, 5) is 35.7. The number of hydrogen-bond donors (Lipinski definition) is 2. The second-order valence-corrected chi connectivity index (χ2v) is 6.99. The van der Waals surface area contributed by atoms with Crippen molar-refractivity contribution in [3.63, 3.8) is 0 Å². The summed E-state index contributed by atoms with van der Waals surface area (Å²) in [7, 11) is 1.24. The first-order chi connectivity index (χ1) is 13.9. The summed E-state index contributed by atoms with van der Waals surface area (Å²) in [6.45, 7) is 0. The molecule has 0 spiro atoms. The Hall–Kier alpha value is -2.94. The van der Waals surface area contributed by atoms with Crippen molar-refractivity contribution in [3.05, 3.63) is 65.7 Å². The van der Waals surface area contributed by atoms with Gasteiger partial charge in [-0.15, -0.1) is 11.8 Å². The second-order valence-electron chi connectivity index (χ2n) is 6.00. The number of amides is 2. The second kappa shape index (κ2) is 11.2. The van der Waals surface area contributed by atoms with E-state index in [1.807, 2.05) is 0 Å². The average molecular weight is 422 g/mol. The minimum Gasteiger partial charge on any atom is -0.469 e. The number of nitrogens with one attached hydrogen (secondary N) is 2. The molecule has 6 nitrogen and oxygen atoms in total. The van der Waals surface area contributed by atoms with E-state index in [2.05, 4.69) is 15.4 Å². The van der Waals surface area contributed by atoms with Crippen LogP contribution in [0.1, 0.15) is 18.0 Å². The van der Waals surface area contributed by atoms with Crippen molar-refractivity contribution in [2.24, 2.45) is 0 Å². The van der Waals surface area contributed by atoms with E-state index in [1.165, 1.54) is 55.6 Å². The topological polar surface area (TPSA) is 84.5 Å². The first-order valence-electron chi connectivity index (χ1n) is 8.62. The molecule has 2 rings (SSSR count). The van der Waals surface area contributed by atoms with Gasteiger partial charge in [0.2, 0.25) is 11.8 Å². The maximum absolute atomic E-state index is 13.1. The smallest absolute Gasteiger partial charge is 0.307 e. The molecule has 0 bridgehead atoms. The first kappa shape index (κ1) is 22.4. The lowest BCUT2D eigenvalue weighted by Gasteiger charge is -2.18. The minimum absolute atomic E-state index is 0.0169. The predicted octanol–water partition coefficient (Wildman–Crippen LogP) is 3.06. The molecule has 0 aliphatic rings. The number of esters is 1. The maximum atomic E-state index is 13.1. The van der Waals surface area contributed by atoms with Crippen LogP contribution in [0, 0.1) is 11.6 Å². The number of ether oxygens (including phenoxy) is 1. The molecule has 1 unspecified atom stereocenters. The van der Waals surface area contributed by atoms with Crippen molar-refractivity contribution in [1.82, 2.24) is 5.32 Å². The molecule has 2 aromatic carbocycles. The molecular formula is C20H20F2N2O4S. The fraction of sp³-hybridized carbons (Fsp3) is 0.250. The monoisotopic (exact) mass is 422 g/mol. The molecule has 0 aliphatic carbocycles. The molecule has 2 N–H and O–H groups in total. The van der Waals surface area contributed by atoms with E-state index in [0.717, 1.165) is 11.8 Å². The van der Waals surface area contributed by atoms with E-state index in [9.17, 15) is 23.2 Å². The molecule has 2 amide bonds. The summed E-state index contributed by atoms with van der Waals surface area (Å²) >= 11 is 1.08. The van der Waals surface area contributed by atoms with Crippen molar-refractivity contribution in [1.29, 1.82) is 0 Å². The average Bonchev–Trinajstić information content (AvgIpc) is 2.69. The van der Waals surface area contributed by atoms with Gasteiger partial charge in [-0.1, -0.05) is 12.1 Å². The van der Waals surface area contributed by atoms with Crippen LogP contribution < -0.4 is 10.6 Å². The third kappa shape index (κ3) is 7.90. The summed E-state index contributed by atoms with van der Waals surface area (Å²) in [5.41, 5.74) is 1.01. The van der Waals surface area contributed by atoms with Gasteiger partial charge in [0.05, 0.1) is 31.1 Å². The maximum Gasteiger partial charge on any atom is 0.307 e. The Morgan fingerprint density at radius 2 is 1.48 bits per heavy atom. The van der Waals surface area contributed by atoms with E-state index in [4.69, 9.17) is 0 Å². The van der Waals surface area contributed by atoms with Gasteiger partial charge in [0.15, 0.2) is 0 Å². The number of rotatable bonds is 9. The lowest BCUT2D eigenvalue weighted by molar-refractivity contribution is -0.141. The van der Waals surface area contributed by atoms with Gasteiger partial charge in [-0.25, -0.2) is 8.78 Å². The largest absolute Gasteiger partial charge is 0.469 e. The van der Waals surface area contributed by atoms with Crippen LogP contribution in [0.5, 0.6) is 0 Å². The minimum atomic E-state index is -0.677. The van der Waals surface area contributed by atoms with Crippen LogP contribution in [-0.2, 0) is 19.1 Å². The summed E-state index contributed by atoms with van der Waals surface area (Å²) in [5.74, 6) is -2.08. The lowest BCUT2D eigenvalue weighted by Crippen LogP contribution is -2.32. The van der Waals surface area contributed by atoms with Crippen molar-refractivity contribution in [2.45, 2.75) is 12.5 Å². The number of carbonyl (C=O) groups excluding carboxylic acids is 3. The normalized spacial score (nSPS) is 11.4. The molecule has 0 heterocycles. The number of methoxy groups -OCH3 is 1. The Bertz CT molecular complexity index is 845. The van der Waals surface area contributed by atoms with Gasteiger partial charge in [0.1, 0.15) is 11.6 Å². The van der Waals surface area contributed by atoms with Crippen LogP contribution in [0.25, 0.3) is 0 Å². The van der Waals surface area contributed by atoms with Gasteiger partial charge in [0.25, 0.3) is 0 Å². The third-order valence-corrected chi connectivity index (χ3v) is 4.73. The van der Waals surface area contributed by atoms with Crippen LogP contribution >= 0.6 is 11.8 Å². The summed E-state index contributed by atoms with van der Waals surface area (Å²) in [5, 5.41) is 5.28. The molecule has 0 aromatic heterocycles. The van der Waals surface area contributed by atoms with E-state index in [-0.39, 0.29) is 29.7 Å². The van der Waals surface area contributed by atoms with Crippen LogP contribution in [0.4, 0.5) is 14.5 Å². The Morgan fingerprint density at radius 3 is 2.07 bits per heavy atom. The van der Waals surface area contributed by atoms with Gasteiger partial charge in [0, 0.05) is 5.69 Å². The highest BCUT2D eigenvalue weighted by Crippen LogP contribution is 2.18. The van der Waals surface area contributed by atoms with Crippen LogP contribution in [0.2, 0.25) is 0 Å². The Balaban J connectivity index is 1.84. The number of hydrogen-bond acceptors (Lipinski definition) is 5. The molecule has 29 heavy (non-hydrogen) atoms. The van der Waals surface area contributed by atoms with Gasteiger partial charge in [-0.2, -0.15) is 0 Å². The number of carbonyl (C=O) groups is 3. The molecule has 0 saturated heterocycles. The van der Waals surface area contributed by atoms with Crippen LogP contribution in [-0.4, -0.2) is 36.4 Å². The fourth-order valence-corrected chi connectivity index (χ4v) is 3.03. The number of benzene rings is 2. The highest BCUT2D eigenvalue weighted by molar-refractivity contribution is 8.00. The summed E-state index contributed by atoms with van der Waals surface area (Å²) in [6.07, 6.45) is -0.108. The van der Waals surface area contributed by atoms with Crippen molar-refractivity contribution < 1.29 is 27.9 Å². The molecule has 2 aromatic rings. The number of anilines is 1.